The van der Waals surface area contributed by atoms with Gasteiger partial charge in [-0.05, 0) is 33.5 Å². The van der Waals surface area contributed by atoms with Crippen molar-refractivity contribution in [3.05, 3.63) is 33.0 Å². The Labute approximate surface area is 124 Å². The Bertz CT molecular complexity index is 603. The van der Waals surface area contributed by atoms with Gasteiger partial charge in [0.15, 0.2) is 0 Å². The fourth-order valence-electron chi connectivity index (χ4n) is 2.00. The molecule has 0 aliphatic carbocycles. The highest BCUT2D eigenvalue weighted by molar-refractivity contribution is 9.11. The van der Waals surface area contributed by atoms with E-state index in [1.165, 1.54) is 5.56 Å². The molecule has 2 aromatic rings. The summed E-state index contributed by atoms with van der Waals surface area (Å²) in [6.45, 7) is 6.54. The van der Waals surface area contributed by atoms with Gasteiger partial charge in [-0.1, -0.05) is 36.7 Å². The van der Waals surface area contributed by atoms with Gasteiger partial charge >= 0.3 is 0 Å². The largest absolute Gasteiger partial charge is 0.496 e. The average molecular weight is 373 g/mol. The maximum absolute atomic E-state index is 5.63. The second-order valence-electron chi connectivity index (χ2n) is 5.24. The van der Waals surface area contributed by atoms with Gasteiger partial charge in [0.1, 0.15) is 10.4 Å². The Morgan fingerprint density at radius 1 is 1.11 bits per heavy atom. The van der Waals surface area contributed by atoms with Crippen LogP contribution in [0.1, 0.15) is 26.3 Å². The van der Waals surface area contributed by atoms with Crippen molar-refractivity contribution in [3.63, 3.8) is 0 Å². The molecule has 0 saturated heterocycles. The summed E-state index contributed by atoms with van der Waals surface area (Å²) in [7, 11) is 1.71. The molecule has 1 heterocycles. The lowest BCUT2D eigenvalue weighted by molar-refractivity contribution is 0.402. The monoisotopic (exact) mass is 371 g/mol. The molecule has 2 rings (SSSR count). The number of nitrogens with zero attached hydrogens (tertiary/aromatic N) is 1. The minimum atomic E-state index is 0.0256. The maximum Gasteiger partial charge on any atom is 0.130 e. The second kappa shape index (κ2) is 4.82. The summed E-state index contributed by atoms with van der Waals surface area (Å²) in [4.78, 5) is 4.27. The van der Waals surface area contributed by atoms with Crippen LogP contribution in [0.2, 0.25) is 0 Å². The Hall–Kier alpha value is -0.610. The number of methoxy groups -OCH3 is 1. The summed E-state index contributed by atoms with van der Waals surface area (Å²) < 4.78 is 7.48. The number of aromatic nitrogens is 1. The molecule has 0 atom stereocenters. The highest BCUT2D eigenvalue weighted by Crippen LogP contribution is 2.41. The van der Waals surface area contributed by atoms with E-state index in [1.54, 1.807) is 7.11 Å². The van der Waals surface area contributed by atoms with E-state index in [4.69, 9.17) is 4.74 Å². The molecule has 0 aliphatic heterocycles. The normalized spacial score (nSPS) is 11.9. The fourth-order valence-corrected chi connectivity index (χ4v) is 2.88. The molecular weight excluding hydrogens is 358 g/mol. The van der Waals surface area contributed by atoms with Crippen LogP contribution in [-0.4, -0.2) is 12.1 Å². The van der Waals surface area contributed by atoms with E-state index >= 15 is 0 Å². The molecule has 0 amide bonds. The zero-order valence-corrected chi connectivity index (χ0v) is 14.0. The van der Waals surface area contributed by atoms with Crippen LogP contribution in [0.4, 0.5) is 0 Å². The van der Waals surface area contributed by atoms with Gasteiger partial charge in [0, 0.05) is 27.0 Å². The summed E-state index contributed by atoms with van der Waals surface area (Å²) in [5.74, 6) is 0.920. The highest BCUT2D eigenvalue weighted by atomic mass is 79.9. The van der Waals surface area contributed by atoms with Crippen molar-refractivity contribution in [1.29, 1.82) is 0 Å². The van der Waals surface area contributed by atoms with Crippen LogP contribution in [0.5, 0.6) is 5.75 Å². The molecule has 0 bridgehead atoms. The van der Waals surface area contributed by atoms with Crippen LogP contribution >= 0.6 is 31.9 Å². The van der Waals surface area contributed by atoms with Crippen molar-refractivity contribution < 1.29 is 4.74 Å². The third-order valence-electron chi connectivity index (χ3n) is 2.90. The van der Waals surface area contributed by atoms with E-state index in [-0.39, 0.29) is 5.41 Å². The number of hydrogen-bond donors (Lipinski definition) is 0. The summed E-state index contributed by atoms with van der Waals surface area (Å²) in [6.07, 6.45) is 1.85. The molecule has 1 aromatic carbocycles. The number of hydrogen-bond acceptors (Lipinski definition) is 2. The molecule has 0 fully saturated rings. The van der Waals surface area contributed by atoms with Crippen molar-refractivity contribution in [2.45, 2.75) is 26.2 Å². The second-order valence-corrected chi connectivity index (χ2v) is 6.91. The van der Waals surface area contributed by atoms with Crippen molar-refractivity contribution in [2.75, 3.05) is 7.11 Å². The van der Waals surface area contributed by atoms with E-state index < -0.39 is 0 Å². The molecule has 18 heavy (non-hydrogen) atoms. The Balaban J connectivity index is 2.90. The highest BCUT2D eigenvalue weighted by Gasteiger charge is 2.22. The SMILES string of the molecule is COc1c(C(C)(C)C)cc(Br)c2cnc(Br)cc12. The summed E-state index contributed by atoms with van der Waals surface area (Å²) >= 11 is 7.03. The van der Waals surface area contributed by atoms with E-state index in [0.29, 0.717) is 0 Å². The molecule has 0 saturated carbocycles. The first-order valence-corrected chi connectivity index (χ1v) is 7.25. The average Bonchev–Trinajstić information content (AvgIpc) is 2.27. The van der Waals surface area contributed by atoms with Crippen LogP contribution in [0.3, 0.4) is 0 Å². The minimum absolute atomic E-state index is 0.0256. The predicted molar refractivity (Wildman–Crippen MR) is 82.4 cm³/mol. The van der Waals surface area contributed by atoms with Crippen molar-refractivity contribution in [2.24, 2.45) is 0 Å². The first-order valence-electron chi connectivity index (χ1n) is 5.67. The van der Waals surface area contributed by atoms with Crippen molar-refractivity contribution >= 4 is 42.6 Å². The minimum Gasteiger partial charge on any atom is -0.496 e. The zero-order valence-electron chi connectivity index (χ0n) is 10.8. The zero-order chi connectivity index (χ0) is 13.5. The Morgan fingerprint density at radius 3 is 2.33 bits per heavy atom. The topological polar surface area (TPSA) is 22.1 Å². The fraction of sp³-hybridized carbons (Fsp3) is 0.357. The van der Waals surface area contributed by atoms with E-state index in [1.807, 2.05) is 12.3 Å². The molecule has 0 spiro atoms. The molecule has 4 heteroatoms. The smallest absolute Gasteiger partial charge is 0.130 e. The van der Waals surface area contributed by atoms with E-state index in [2.05, 4.69) is 63.7 Å². The van der Waals surface area contributed by atoms with Gasteiger partial charge in [-0.25, -0.2) is 4.98 Å². The summed E-state index contributed by atoms with van der Waals surface area (Å²) in [5.41, 5.74) is 1.21. The van der Waals surface area contributed by atoms with Gasteiger partial charge in [0.25, 0.3) is 0 Å². The van der Waals surface area contributed by atoms with Gasteiger partial charge in [0.05, 0.1) is 7.11 Å². The lowest BCUT2D eigenvalue weighted by atomic mass is 9.85. The number of benzene rings is 1. The first kappa shape index (κ1) is 13.8. The van der Waals surface area contributed by atoms with Gasteiger partial charge in [-0.3, -0.25) is 0 Å². The van der Waals surface area contributed by atoms with Crippen LogP contribution in [0.15, 0.2) is 27.4 Å². The van der Waals surface area contributed by atoms with Crippen LogP contribution in [0, 0.1) is 0 Å². The lowest BCUT2D eigenvalue weighted by Gasteiger charge is -2.24. The van der Waals surface area contributed by atoms with Crippen LogP contribution in [-0.2, 0) is 5.41 Å². The number of fused-ring (bicyclic) bond motifs is 1. The van der Waals surface area contributed by atoms with Gasteiger partial charge < -0.3 is 4.74 Å². The molecule has 2 nitrogen and oxygen atoms in total. The Morgan fingerprint density at radius 2 is 1.78 bits per heavy atom. The number of halogens is 2. The van der Waals surface area contributed by atoms with Crippen LogP contribution < -0.4 is 4.74 Å². The van der Waals surface area contributed by atoms with E-state index in [0.717, 1.165) is 25.6 Å². The van der Waals surface area contributed by atoms with Gasteiger partial charge in [-0.15, -0.1) is 0 Å². The Kier molecular flexibility index (Phi) is 3.70. The molecule has 0 N–H and O–H groups in total. The first-order chi connectivity index (χ1) is 8.34. The molecule has 0 unspecified atom stereocenters. The molecule has 96 valence electrons. The standard InChI is InChI=1S/C14H15Br2NO/c1-14(2,3)10-6-11(15)9-7-17-12(16)5-8(9)13(10)18-4/h5-7H,1-4H3. The third-order valence-corrected chi connectivity index (χ3v) is 3.99. The van der Waals surface area contributed by atoms with Gasteiger partial charge in [0.2, 0.25) is 0 Å². The third kappa shape index (κ3) is 2.41. The molecule has 0 aliphatic rings. The van der Waals surface area contributed by atoms with Crippen LogP contribution in [0.25, 0.3) is 10.8 Å². The summed E-state index contributed by atoms with van der Waals surface area (Å²) in [6, 6.07) is 4.12. The number of ether oxygens (including phenoxy) is 1. The van der Waals surface area contributed by atoms with Crippen molar-refractivity contribution in [1.82, 2.24) is 4.98 Å². The predicted octanol–water partition coefficient (Wildman–Crippen LogP) is 5.07. The molecular formula is C14H15Br2NO. The molecule has 0 radical (unpaired) electrons. The lowest BCUT2D eigenvalue weighted by Crippen LogP contribution is -2.13. The maximum atomic E-state index is 5.63. The summed E-state index contributed by atoms with van der Waals surface area (Å²) in [5, 5.41) is 2.13. The van der Waals surface area contributed by atoms with E-state index in [9.17, 15) is 0 Å². The quantitative estimate of drug-likeness (QED) is 0.652. The number of rotatable bonds is 1. The van der Waals surface area contributed by atoms with Crippen molar-refractivity contribution in [3.8, 4) is 5.75 Å². The number of pyridine rings is 1. The molecule has 1 aromatic heterocycles. The van der Waals surface area contributed by atoms with Gasteiger partial charge in [-0.2, -0.15) is 0 Å².